The number of aromatic nitrogens is 2. The third kappa shape index (κ3) is 2.90. The van der Waals surface area contributed by atoms with E-state index in [4.69, 9.17) is 10.5 Å². The van der Waals surface area contributed by atoms with Gasteiger partial charge in [-0.1, -0.05) is 6.07 Å². The van der Waals surface area contributed by atoms with Crippen LogP contribution < -0.4 is 15.4 Å². The second-order valence-electron chi connectivity index (χ2n) is 4.84. The third-order valence-electron chi connectivity index (χ3n) is 3.10. The molecule has 0 radical (unpaired) electrons. The van der Waals surface area contributed by atoms with E-state index in [1.807, 2.05) is 54.7 Å². The summed E-state index contributed by atoms with van der Waals surface area (Å²) >= 11 is 1.55. The quantitative estimate of drug-likeness (QED) is 0.802. The van der Waals surface area contributed by atoms with Crippen molar-refractivity contribution >= 4 is 33.1 Å². The molecule has 0 atom stereocenters. The normalized spacial score (nSPS) is 10.8. The summed E-state index contributed by atoms with van der Waals surface area (Å²) < 4.78 is 5.76. The van der Waals surface area contributed by atoms with E-state index in [9.17, 15) is 0 Å². The van der Waals surface area contributed by atoms with Crippen LogP contribution in [-0.2, 0) is 6.61 Å². The van der Waals surface area contributed by atoms with Crippen molar-refractivity contribution in [2.24, 2.45) is 0 Å². The summed E-state index contributed by atoms with van der Waals surface area (Å²) in [5.41, 5.74) is 7.01. The number of thiophene rings is 1. The highest BCUT2D eigenvalue weighted by Gasteiger charge is 2.07. The molecule has 0 unspecified atom stereocenters. The van der Waals surface area contributed by atoms with Crippen molar-refractivity contribution in [3.05, 3.63) is 41.5 Å². The van der Waals surface area contributed by atoms with Gasteiger partial charge in [-0.05, 0) is 23.6 Å². The zero-order valence-electron chi connectivity index (χ0n) is 11.9. The summed E-state index contributed by atoms with van der Waals surface area (Å²) in [6.45, 7) is 0.301. The van der Waals surface area contributed by atoms with Crippen LogP contribution in [0.2, 0.25) is 0 Å². The maximum atomic E-state index is 5.93. The van der Waals surface area contributed by atoms with Gasteiger partial charge in [0.25, 0.3) is 0 Å². The summed E-state index contributed by atoms with van der Waals surface area (Å²) in [7, 11) is 3.99. The number of benzene rings is 1. The first-order valence-electron chi connectivity index (χ1n) is 6.53. The Bertz CT molecular complexity index is 769. The lowest BCUT2D eigenvalue weighted by Crippen LogP contribution is -2.09. The van der Waals surface area contributed by atoms with Crippen LogP contribution >= 0.6 is 11.3 Å². The minimum absolute atomic E-state index is 0.301. The van der Waals surface area contributed by atoms with E-state index in [1.54, 1.807) is 11.3 Å². The maximum Gasteiger partial charge on any atom is 0.169 e. The van der Waals surface area contributed by atoms with Gasteiger partial charge in [0.1, 0.15) is 23.0 Å². The predicted octanol–water partition coefficient (Wildman–Crippen LogP) is 2.92. The van der Waals surface area contributed by atoms with Crippen LogP contribution in [0.4, 0.5) is 11.5 Å². The number of rotatable bonds is 4. The van der Waals surface area contributed by atoms with Crippen LogP contribution in [0, 0.1) is 0 Å². The van der Waals surface area contributed by atoms with E-state index in [0.29, 0.717) is 18.2 Å². The minimum Gasteiger partial charge on any atom is -0.486 e. The van der Waals surface area contributed by atoms with Gasteiger partial charge in [0.05, 0.1) is 5.39 Å². The largest absolute Gasteiger partial charge is 0.486 e. The Morgan fingerprint density at radius 3 is 2.90 bits per heavy atom. The molecule has 108 valence electrons. The number of fused-ring (bicyclic) bond motifs is 1. The smallest absolute Gasteiger partial charge is 0.169 e. The van der Waals surface area contributed by atoms with E-state index >= 15 is 0 Å². The third-order valence-corrected chi connectivity index (χ3v) is 3.91. The molecule has 6 heteroatoms. The second kappa shape index (κ2) is 5.57. The predicted molar refractivity (Wildman–Crippen MR) is 86.9 cm³/mol. The van der Waals surface area contributed by atoms with Crippen molar-refractivity contribution in [2.45, 2.75) is 6.61 Å². The number of anilines is 2. The van der Waals surface area contributed by atoms with Gasteiger partial charge in [-0.25, -0.2) is 9.97 Å². The van der Waals surface area contributed by atoms with Gasteiger partial charge >= 0.3 is 0 Å². The first-order valence-corrected chi connectivity index (χ1v) is 7.41. The van der Waals surface area contributed by atoms with Gasteiger partial charge < -0.3 is 15.4 Å². The lowest BCUT2D eigenvalue weighted by Gasteiger charge is -2.13. The average molecular weight is 300 g/mol. The number of hydrogen-bond acceptors (Lipinski definition) is 6. The van der Waals surface area contributed by atoms with Gasteiger partial charge in [-0.15, -0.1) is 11.3 Å². The molecule has 0 aliphatic carbocycles. The van der Waals surface area contributed by atoms with E-state index in [0.717, 1.165) is 21.7 Å². The number of nitrogens with two attached hydrogens (primary N) is 1. The molecule has 0 aliphatic rings. The molecule has 2 N–H and O–H groups in total. The highest BCUT2D eigenvalue weighted by atomic mass is 32.1. The molecule has 3 aromatic rings. The van der Waals surface area contributed by atoms with Crippen molar-refractivity contribution in [1.82, 2.24) is 9.97 Å². The number of ether oxygens (including phenoxy) is 1. The molecule has 2 heterocycles. The van der Waals surface area contributed by atoms with Crippen LogP contribution in [-0.4, -0.2) is 24.1 Å². The van der Waals surface area contributed by atoms with Crippen LogP contribution in [0.15, 0.2) is 35.7 Å². The molecule has 1 aromatic carbocycles. The van der Waals surface area contributed by atoms with Gasteiger partial charge in [-0.3, -0.25) is 0 Å². The second-order valence-corrected chi connectivity index (χ2v) is 5.74. The van der Waals surface area contributed by atoms with Crippen LogP contribution in [0.1, 0.15) is 5.82 Å². The number of nitrogen functional groups attached to an aromatic ring is 1. The summed E-state index contributed by atoms with van der Waals surface area (Å²) in [5, 5.41) is 2.86. The van der Waals surface area contributed by atoms with Crippen LogP contribution in [0.25, 0.3) is 10.2 Å². The van der Waals surface area contributed by atoms with E-state index < -0.39 is 0 Å². The van der Waals surface area contributed by atoms with Gasteiger partial charge in [-0.2, -0.15) is 0 Å². The molecule has 0 spiro atoms. The van der Waals surface area contributed by atoms with E-state index in [2.05, 4.69) is 9.97 Å². The fraction of sp³-hybridized carbons (Fsp3) is 0.200. The Hall–Kier alpha value is -2.34. The summed E-state index contributed by atoms with van der Waals surface area (Å²) in [5.74, 6) is 1.88. The van der Waals surface area contributed by atoms with Crippen LogP contribution in [0.3, 0.4) is 0 Å². The number of nitrogens with zero attached hydrogens (tertiary/aromatic N) is 3. The maximum absolute atomic E-state index is 5.93. The molecule has 0 bridgehead atoms. The van der Waals surface area contributed by atoms with E-state index in [1.165, 1.54) is 0 Å². The Labute approximate surface area is 127 Å². The monoisotopic (exact) mass is 300 g/mol. The zero-order chi connectivity index (χ0) is 14.8. The van der Waals surface area contributed by atoms with Crippen molar-refractivity contribution in [1.29, 1.82) is 0 Å². The molecule has 21 heavy (non-hydrogen) atoms. The lowest BCUT2D eigenvalue weighted by atomic mass is 10.3. The fourth-order valence-electron chi connectivity index (χ4n) is 1.99. The summed E-state index contributed by atoms with van der Waals surface area (Å²) in [4.78, 5) is 11.7. The summed E-state index contributed by atoms with van der Waals surface area (Å²) in [6.07, 6.45) is 0. The molecular weight excluding hydrogens is 284 g/mol. The molecule has 0 fully saturated rings. The standard InChI is InChI=1S/C15H16N4OS/c1-19(2)10-4-3-5-11(8-10)20-9-13-17-14(16)12-6-7-21-15(12)18-13/h3-8H,9H2,1-2H3,(H2,16,17,18). The Morgan fingerprint density at radius 2 is 2.10 bits per heavy atom. The van der Waals surface area contributed by atoms with E-state index in [-0.39, 0.29) is 0 Å². The van der Waals surface area contributed by atoms with Crippen molar-refractivity contribution in [2.75, 3.05) is 24.7 Å². The lowest BCUT2D eigenvalue weighted by molar-refractivity contribution is 0.296. The average Bonchev–Trinajstić information content (AvgIpc) is 2.94. The van der Waals surface area contributed by atoms with Crippen molar-refractivity contribution < 1.29 is 4.74 Å². The van der Waals surface area contributed by atoms with Crippen molar-refractivity contribution in [3.63, 3.8) is 0 Å². The van der Waals surface area contributed by atoms with Crippen LogP contribution in [0.5, 0.6) is 5.75 Å². The minimum atomic E-state index is 0.301. The molecule has 0 saturated heterocycles. The highest BCUT2D eigenvalue weighted by Crippen LogP contribution is 2.24. The number of hydrogen-bond donors (Lipinski definition) is 1. The summed E-state index contributed by atoms with van der Waals surface area (Å²) in [6, 6.07) is 9.81. The Kier molecular flexibility index (Phi) is 3.62. The Balaban J connectivity index is 1.78. The topological polar surface area (TPSA) is 64.3 Å². The molecule has 0 aliphatic heterocycles. The first-order chi connectivity index (χ1) is 10.1. The molecular formula is C15H16N4OS. The molecule has 2 aromatic heterocycles. The first kappa shape index (κ1) is 13.6. The van der Waals surface area contributed by atoms with Crippen molar-refractivity contribution in [3.8, 4) is 5.75 Å². The molecule has 5 nitrogen and oxygen atoms in total. The SMILES string of the molecule is CN(C)c1cccc(OCc2nc(N)c3ccsc3n2)c1. The van der Waals surface area contributed by atoms with Gasteiger partial charge in [0, 0.05) is 25.8 Å². The molecule has 0 saturated carbocycles. The zero-order valence-corrected chi connectivity index (χ0v) is 12.7. The molecule has 3 rings (SSSR count). The molecule has 0 amide bonds. The highest BCUT2D eigenvalue weighted by molar-refractivity contribution is 7.16. The van der Waals surface area contributed by atoms with Gasteiger partial charge in [0.2, 0.25) is 0 Å². The Morgan fingerprint density at radius 1 is 1.24 bits per heavy atom. The van der Waals surface area contributed by atoms with Gasteiger partial charge in [0.15, 0.2) is 5.82 Å². The fourth-order valence-corrected chi connectivity index (χ4v) is 2.78.